The molecule has 1 aliphatic heterocycles. The number of aromatic nitrogens is 1. The maximum Gasteiger partial charge on any atom is 0.292 e. The fourth-order valence-electron chi connectivity index (χ4n) is 3.24. The number of amides is 1. The largest absolute Gasteiger partial charge is 0.362 e. The van der Waals surface area contributed by atoms with Crippen LogP contribution in [0, 0.1) is 10.1 Å². The quantitative estimate of drug-likeness (QED) is 0.329. The maximum absolute atomic E-state index is 12.6. The lowest BCUT2D eigenvalue weighted by Gasteiger charge is -2.35. The number of nitro benzene ring substituents is 1. The number of nitro groups is 1. The normalized spacial score (nSPS) is 14.4. The Morgan fingerprint density at radius 2 is 1.97 bits per heavy atom. The number of anilines is 1. The average Bonchev–Trinajstić information content (AvgIpc) is 3.14. The number of hydrogen-bond acceptors (Lipinski definition) is 7. The first kappa shape index (κ1) is 19.9. The summed E-state index contributed by atoms with van der Waals surface area (Å²) >= 11 is 8.97. The van der Waals surface area contributed by atoms with Gasteiger partial charge in [-0.25, -0.2) is 4.98 Å². The maximum atomic E-state index is 12.6. The van der Waals surface area contributed by atoms with Gasteiger partial charge in [0.1, 0.15) is 5.69 Å². The van der Waals surface area contributed by atoms with Crippen LogP contribution in [0.3, 0.4) is 0 Å². The Balaban J connectivity index is 1.33. The van der Waals surface area contributed by atoms with Crippen LogP contribution in [0.25, 0.3) is 10.2 Å². The van der Waals surface area contributed by atoms with Crippen molar-refractivity contribution in [2.45, 2.75) is 4.34 Å². The Bertz CT molecular complexity index is 1070. The number of piperazine rings is 1. The lowest BCUT2D eigenvalue weighted by Crippen LogP contribution is -2.49. The summed E-state index contributed by atoms with van der Waals surface area (Å²) < 4.78 is 1.89. The van der Waals surface area contributed by atoms with Crippen LogP contribution in [0.15, 0.2) is 46.8 Å². The van der Waals surface area contributed by atoms with E-state index in [-0.39, 0.29) is 16.5 Å². The minimum Gasteiger partial charge on any atom is -0.362 e. The molecule has 0 unspecified atom stereocenters. The predicted octanol–water partition coefficient (Wildman–Crippen LogP) is 4.30. The van der Waals surface area contributed by atoms with E-state index in [9.17, 15) is 14.9 Å². The molecule has 0 atom stereocenters. The van der Waals surface area contributed by atoms with Crippen molar-refractivity contribution >= 4 is 62.2 Å². The number of carbonyl (C=O) groups excluding carboxylic acids is 1. The van der Waals surface area contributed by atoms with Gasteiger partial charge in [0.2, 0.25) is 5.91 Å². The molecule has 7 nitrogen and oxygen atoms in total. The third-order valence-electron chi connectivity index (χ3n) is 4.70. The van der Waals surface area contributed by atoms with Crippen molar-refractivity contribution in [2.75, 3.05) is 36.8 Å². The fourth-order valence-corrected chi connectivity index (χ4v) is 5.36. The molecule has 29 heavy (non-hydrogen) atoms. The molecule has 0 bridgehead atoms. The molecule has 4 rings (SSSR count). The Labute approximate surface area is 180 Å². The van der Waals surface area contributed by atoms with Crippen LogP contribution in [-0.4, -0.2) is 52.6 Å². The number of para-hydroxylation sites is 2. The van der Waals surface area contributed by atoms with Crippen molar-refractivity contribution in [3.05, 3.63) is 57.6 Å². The Kier molecular flexibility index (Phi) is 5.89. The fraction of sp³-hybridized carbons (Fsp3) is 0.263. The summed E-state index contributed by atoms with van der Waals surface area (Å²) in [6, 6.07) is 12.3. The van der Waals surface area contributed by atoms with Crippen molar-refractivity contribution in [1.29, 1.82) is 0 Å². The molecule has 0 radical (unpaired) electrons. The van der Waals surface area contributed by atoms with Crippen molar-refractivity contribution in [3.63, 3.8) is 0 Å². The molecule has 3 aromatic rings. The van der Waals surface area contributed by atoms with E-state index in [1.165, 1.54) is 17.8 Å². The molecule has 1 amide bonds. The number of halogens is 1. The van der Waals surface area contributed by atoms with E-state index >= 15 is 0 Å². The van der Waals surface area contributed by atoms with Crippen LogP contribution in [0.1, 0.15) is 0 Å². The highest BCUT2D eigenvalue weighted by atomic mass is 35.5. The van der Waals surface area contributed by atoms with Crippen LogP contribution >= 0.6 is 34.7 Å². The van der Waals surface area contributed by atoms with E-state index in [1.807, 2.05) is 28.0 Å². The van der Waals surface area contributed by atoms with Crippen LogP contribution < -0.4 is 4.90 Å². The number of thioether (sulfide) groups is 1. The Morgan fingerprint density at radius 3 is 2.72 bits per heavy atom. The van der Waals surface area contributed by atoms with Gasteiger partial charge in [0.05, 0.1) is 20.9 Å². The van der Waals surface area contributed by atoms with Gasteiger partial charge in [-0.15, -0.1) is 11.3 Å². The van der Waals surface area contributed by atoms with Gasteiger partial charge in [0.25, 0.3) is 5.69 Å². The van der Waals surface area contributed by atoms with Gasteiger partial charge in [-0.1, -0.05) is 35.5 Å². The van der Waals surface area contributed by atoms with Crippen LogP contribution in [0.5, 0.6) is 0 Å². The second-order valence-electron chi connectivity index (χ2n) is 6.49. The molecular formula is C19H17ClN4O3S2. The first-order valence-corrected chi connectivity index (χ1v) is 11.1. The average molecular weight is 449 g/mol. The van der Waals surface area contributed by atoms with E-state index < -0.39 is 0 Å². The van der Waals surface area contributed by atoms with Gasteiger partial charge in [0.15, 0.2) is 4.34 Å². The molecule has 0 N–H and O–H groups in total. The standard InChI is InChI=1S/C19H17ClN4O3S2/c20-13-5-6-17-14(11-13)21-19(29-17)28-12-18(25)23-9-7-22(8-10-23)15-3-1-2-4-16(15)24(26)27/h1-6,11H,7-10,12H2. The minimum absolute atomic E-state index is 0.0505. The smallest absolute Gasteiger partial charge is 0.292 e. The summed E-state index contributed by atoms with van der Waals surface area (Å²) in [7, 11) is 0. The van der Waals surface area contributed by atoms with E-state index in [1.54, 1.807) is 29.5 Å². The first-order chi connectivity index (χ1) is 14.0. The lowest BCUT2D eigenvalue weighted by molar-refractivity contribution is -0.384. The van der Waals surface area contributed by atoms with Gasteiger partial charge < -0.3 is 9.80 Å². The van der Waals surface area contributed by atoms with E-state index in [0.29, 0.717) is 42.6 Å². The van der Waals surface area contributed by atoms with Gasteiger partial charge >= 0.3 is 0 Å². The minimum atomic E-state index is -0.366. The van der Waals surface area contributed by atoms with E-state index in [4.69, 9.17) is 11.6 Å². The highest BCUT2D eigenvalue weighted by Crippen LogP contribution is 2.32. The molecular weight excluding hydrogens is 432 g/mol. The van der Waals surface area contributed by atoms with Gasteiger partial charge in [-0.05, 0) is 24.3 Å². The van der Waals surface area contributed by atoms with Gasteiger partial charge in [0, 0.05) is 37.3 Å². The second kappa shape index (κ2) is 8.56. The molecule has 2 aromatic carbocycles. The van der Waals surface area contributed by atoms with Crippen LogP contribution in [0.4, 0.5) is 11.4 Å². The van der Waals surface area contributed by atoms with E-state index in [2.05, 4.69) is 4.98 Å². The monoisotopic (exact) mass is 448 g/mol. The summed E-state index contributed by atoms with van der Waals surface area (Å²) in [5.41, 5.74) is 1.54. The van der Waals surface area contributed by atoms with Crippen molar-refractivity contribution < 1.29 is 9.72 Å². The summed E-state index contributed by atoms with van der Waals surface area (Å²) in [4.78, 5) is 31.8. The van der Waals surface area contributed by atoms with E-state index in [0.717, 1.165) is 14.6 Å². The van der Waals surface area contributed by atoms with Gasteiger partial charge in [-0.3, -0.25) is 14.9 Å². The molecule has 0 spiro atoms. The topological polar surface area (TPSA) is 79.6 Å². The van der Waals surface area contributed by atoms with Crippen molar-refractivity contribution in [3.8, 4) is 0 Å². The lowest BCUT2D eigenvalue weighted by atomic mass is 10.2. The number of nitrogens with zero attached hydrogens (tertiary/aromatic N) is 4. The molecule has 0 saturated carbocycles. The zero-order valence-electron chi connectivity index (χ0n) is 15.3. The zero-order chi connectivity index (χ0) is 20.4. The first-order valence-electron chi connectivity index (χ1n) is 8.96. The molecule has 2 heterocycles. The Hall–Kier alpha value is -2.36. The number of rotatable bonds is 5. The summed E-state index contributed by atoms with van der Waals surface area (Å²) in [6.45, 7) is 2.23. The predicted molar refractivity (Wildman–Crippen MR) is 117 cm³/mol. The highest BCUT2D eigenvalue weighted by Gasteiger charge is 2.25. The molecule has 1 saturated heterocycles. The summed E-state index contributed by atoms with van der Waals surface area (Å²) in [5.74, 6) is 0.369. The number of fused-ring (bicyclic) bond motifs is 1. The second-order valence-corrected chi connectivity index (χ2v) is 9.18. The SMILES string of the molecule is O=C(CSc1nc2cc(Cl)ccc2s1)N1CCN(c2ccccc2[N+](=O)[O-])CC1. The number of thiazole rings is 1. The zero-order valence-corrected chi connectivity index (χ0v) is 17.7. The molecule has 1 aliphatic rings. The Morgan fingerprint density at radius 1 is 1.21 bits per heavy atom. The molecule has 10 heteroatoms. The summed E-state index contributed by atoms with van der Waals surface area (Å²) in [6.07, 6.45) is 0. The molecule has 1 fully saturated rings. The third-order valence-corrected chi connectivity index (χ3v) is 7.10. The van der Waals surface area contributed by atoms with Crippen molar-refractivity contribution in [2.24, 2.45) is 0 Å². The molecule has 150 valence electrons. The van der Waals surface area contributed by atoms with Crippen molar-refractivity contribution in [1.82, 2.24) is 9.88 Å². The number of carbonyl (C=O) groups is 1. The van der Waals surface area contributed by atoms with Gasteiger partial charge in [-0.2, -0.15) is 0 Å². The molecule has 1 aromatic heterocycles. The highest BCUT2D eigenvalue weighted by molar-refractivity contribution is 8.01. The number of benzene rings is 2. The van der Waals surface area contributed by atoms with Crippen LogP contribution in [-0.2, 0) is 4.79 Å². The summed E-state index contributed by atoms with van der Waals surface area (Å²) in [5, 5.41) is 11.9. The number of hydrogen-bond donors (Lipinski definition) is 0. The molecule has 0 aliphatic carbocycles. The van der Waals surface area contributed by atoms with Crippen LogP contribution in [0.2, 0.25) is 5.02 Å². The third kappa shape index (κ3) is 4.47.